The molecule has 1 heteroatoms. The summed E-state index contributed by atoms with van der Waals surface area (Å²) in [5.74, 6) is 0. The van der Waals surface area contributed by atoms with Crippen LogP contribution in [-0.4, -0.2) is 0 Å². The van der Waals surface area contributed by atoms with Crippen LogP contribution in [0.2, 0.25) is 0 Å². The Morgan fingerprint density at radius 2 is 0.648 bits per heavy atom. The van der Waals surface area contributed by atoms with Crippen LogP contribution in [-0.2, 0) is 10.8 Å². The molecule has 0 aromatic heterocycles. The molecule has 0 radical (unpaired) electrons. The Morgan fingerprint density at radius 3 is 1.24 bits per heavy atom. The van der Waals surface area contributed by atoms with Crippen molar-refractivity contribution >= 4 is 49.4 Å². The molecule has 0 amide bonds. The van der Waals surface area contributed by atoms with E-state index in [-0.39, 0.29) is 5.41 Å². The first-order valence-corrected chi connectivity index (χ1v) is 25.0. The summed E-state index contributed by atoms with van der Waals surface area (Å²) < 4.78 is 0. The first-order valence-electron chi connectivity index (χ1n) is 25.0. The van der Waals surface area contributed by atoms with E-state index in [9.17, 15) is 0 Å². The van der Waals surface area contributed by atoms with Crippen LogP contribution in [0.5, 0.6) is 0 Å². The summed E-state index contributed by atoms with van der Waals surface area (Å²) in [6.07, 6.45) is 0. The molecule has 0 atom stereocenters. The highest BCUT2D eigenvalue weighted by Gasteiger charge is 2.51. The van der Waals surface area contributed by atoms with Crippen molar-refractivity contribution in [2.75, 3.05) is 4.90 Å². The fraction of sp³-hybridized carbons (Fsp3) is 0.0571. The second-order valence-electron chi connectivity index (χ2n) is 20.3. The number of rotatable bonds is 5. The number of hydrogen-bond acceptors (Lipinski definition) is 1. The molecule has 0 saturated carbocycles. The summed E-state index contributed by atoms with van der Waals surface area (Å²) >= 11 is 0. The zero-order chi connectivity index (χ0) is 47.0. The SMILES string of the molecule is CC1(C)c2ccccc2-c2cc3c4ccccc4c4cc(-c5ccc(N(c6ccc(-c7ccccc7)cc6)c6ccc7c(c6)C6(c8ccccc8-c8ccccc86)c6ccccc6-7)cc5)ccc4c3cc21. The quantitative estimate of drug-likeness (QED) is 0.156. The summed E-state index contributed by atoms with van der Waals surface area (Å²) in [6, 6.07) is 93.4. The monoisotopic (exact) mass is 901 g/mol. The van der Waals surface area contributed by atoms with Crippen LogP contribution in [0.25, 0.3) is 88.0 Å². The fourth-order valence-corrected chi connectivity index (χ4v) is 13.2. The van der Waals surface area contributed by atoms with E-state index in [0.29, 0.717) is 0 Å². The van der Waals surface area contributed by atoms with Crippen LogP contribution in [0.4, 0.5) is 17.1 Å². The van der Waals surface area contributed by atoms with Gasteiger partial charge in [-0.15, -0.1) is 0 Å². The van der Waals surface area contributed by atoms with Crippen molar-refractivity contribution in [1.29, 1.82) is 0 Å². The first-order chi connectivity index (χ1) is 35.0. The highest BCUT2D eigenvalue weighted by Crippen LogP contribution is 2.63. The average molecular weight is 902 g/mol. The van der Waals surface area contributed by atoms with Crippen molar-refractivity contribution in [3.63, 3.8) is 0 Å². The highest BCUT2D eigenvalue weighted by atomic mass is 15.1. The zero-order valence-corrected chi connectivity index (χ0v) is 39.6. The maximum Gasteiger partial charge on any atom is 0.0726 e. The van der Waals surface area contributed by atoms with Gasteiger partial charge in [-0.25, -0.2) is 0 Å². The van der Waals surface area contributed by atoms with Crippen molar-refractivity contribution in [2.24, 2.45) is 0 Å². The van der Waals surface area contributed by atoms with E-state index in [1.54, 1.807) is 0 Å². The molecule has 71 heavy (non-hydrogen) atoms. The summed E-state index contributed by atoms with van der Waals surface area (Å²) in [5.41, 5.74) is 23.7. The van der Waals surface area contributed by atoms with Gasteiger partial charge in [0.05, 0.1) is 5.41 Å². The van der Waals surface area contributed by atoms with Crippen LogP contribution in [0.15, 0.2) is 249 Å². The third-order valence-corrected chi connectivity index (χ3v) is 16.5. The van der Waals surface area contributed by atoms with Gasteiger partial charge in [-0.2, -0.15) is 0 Å². The summed E-state index contributed by atoms with van der Waals surface area (Å²) in [6.45, 7) is 4.76. The Hall–Kier alpha value is -8.78. The first kappa shape index (κ1) is 40.1. The molecular weight excluding hydrogens is 855 g/mol. The second-order valence-corrected chi connectivity index (χ2v) is 20.3. The van der Waals surface area contributed by atoms with Gasteiger partial charge in [-0.3, -0.25) is 0 Å². The lowest BCUT2D eigenvalue weighted by atomic mass is 9.70. The van der Waals surface area contributed by atoms with Gasteiger partial charge in [0.25, 0.3) is 0 Å². The van der Waals surface area contributed by atoms with Crippen LogP contribution in [0, 0.1) is 0 Å². The third-order valence-electron chi connectivity index (χ3n) is 16.5. The maximum atomic E-state index is 2.50. The zero-order valence-electron chi connectivity index (χ0n) is 39.6. The highest BCUT2D eigenvalue weighted by molar-refractivity contribution is 6.26. The summed E-state index contributed by atoms with van der Waals surface area (Å²) in [7, 11) is 0. The molecule has 0 heterocycles. The predicted molar refractivity (Wildman–Crippen MR) is 298 cm³/mol. The van der Waals surface area contributed by atoms with Crippen molar-refractivity contribution in [3.05, 3.63) is 282 Å². The lowest BCUT2D eigenvalue weighted by Gasteiger charge is -2.32. The Kier molecular flexibility index (Phi) is 8.40. The van der Waals surface area contributed by atoms with Gasteiger partial charge in [-0.05, 0) is 176 Å². The molecule has 0 bridgehead atoms. The van der Waals surface area contributed by atoms with E-state index in [2.05, 4.69) is 267 Å². The van der Waals surface area contributed by atoms with Gasteiger partial charge in [0, 0.05) is 22.5 Å². The van der Waals surface area contributed by atoms with E-state index >= 15 is 0 Å². The number of fused-ring (bicyclic) bond motifs is 19. The molecule has 0 N–H and O–H groups in total. The number of nitrogens with zero attached hydrogens (tertiary/aromatic N) is 1. The van der Waals surface area contributed by atoms with Crippen LogP contribution >= 0.6 is 0 Å². The Morgan fingerprint density at radius 1 is 0.239 bits per heavy atom. The standard InChI is InChI=1S/C70H47N/c1-69(2)63-24-12-8-23-57(63)62-42-60-52-19-7-6-18-51(52)59-40-47(32-38-53(59)61(60)43-67(62)69)46-30-35-49(36-31-46)71(48-33-28-45(29-34-48)44-16-4-3-5-17-44)50-37-39-58-56-22-11-15-27-66(56)70(68(58)41-50)64-25-13-9-20-54(64)55-21-10-14-26-65(55)70/h3-43H,1-2H3. The molecule has 12 aromatic rings. The van der Waals surface area contributed by atoms with E-state index in [1.807, 2.05) is 0 Å². The van der Waals surface area contributed by atoms with Crippen molar-refractivity contribution in [1.82, 2.24) is 0 Å². The average Bonchev–Trinajstić information content (AvgIpc) is 4.00. The van der Waals surface area contributed by atoms with E-state index in [0.717, 1.165) is 17.1 Å². The van der Waals surface area contributed by atoms with E-state index in [4.69, 9.17) is 0 Å². The molecular formula is C70H47N. The molecule has 0 aliphatic heterocycles. The molecule has 0 fully saturated rings. The van der Waals surface area contributed by atoms with Gasteiger partial charge in [0.15, 0.2) is 0 Å². The van der Waals surface area contributed by atoms with Crippen LogP contribution in [0.1, 0.15) is 47.2 Å². The molecule has 0 unspecified atom stereocenters. The summed E-state index contributed by atoms with van der Waals surface area (Å²) in [4.78, 5) is 2.44. The van der Waals surface area contributed by atoms with Gasteiger partial charge >= 0.3 is 0 Å². The van der Waals surface area contributed by atoms with Crippen LogP contribution in [0.3, 0.4) is 0 Å². The second kappa shape index (κ2) is 14.9. The molecule has 332 valence electrons. The number of benzene rings is 12. The molecule has 1 spiro atoms. The minimum atomic E-state index is -0.436. The smallest absolute Gasteiger partial charge is 0.0726 e. The molecule has 12 aromatic carbocycles. The van der Waals surface area contributed by atoms with Crippen molar-refractivity contribution in [3.8, 4) is 55.6 Å². The fourth-order valence-electron chi connectivity index (χ4n) is 13.2. The molecule has 3 aliphatic carbocycles. The molecule has 0 saturated heterocycles. The third kappa shape index (κ3) is 5.58. The number of anilines is 3. The van der Waals surface area contributed by atoms with Gasteiger partial charge < -0.3 is 4.90 Å². The van der Waals surface area contributed by atoms with Gasteiger partial charge in [0.2, 0.25) is 0 Å². The van der Waals surface area contributed by atoms with Gasteiger partial charge in [-0.1, -0.05) is 208 Å². The Bertz CT molecular complexity index is 4110. The molecule has 3 aliphatic rings. The topological polar surface area (TPSA) is 3.24 Å². The molecule has 15 rings (SSSR count). The molecule has 1 nitrogen and oxygen atoms in total. The van der Waals surface area contributed by atoms with E-state index < -0.39 is 5.41 Å². The summed E-state index contributed by atoms with van der Waals surface area (Å²) in [5, 5.41) is 7.79. The number of hydrogen-bond donors (Lipinski definition) is 0. The van der Waals surface area contributed by atoms with Gasteiger partial charge in [0.1, 0.15) is 0 Å². The van der Waals surface area contributed by atoms with Crippen molar-refractivity contribution in [2.45, 2.75) is 24.7 Å². The maximum absolute atomic E-state index is 2.50. The Labute approximate surface area is 414 Å². The minimum Gasteiger partial charge on any atom is -0.310 e. The predicted octanol–water partition coefficient (Wildman–Crippen LogP) is 18.6. The normalized spacial score (nSPS) is 14.0. The Balaban J connectivity index is 0.882. The lowest BCUT2D eigenvalue weighted by molar-refractivity contribution is 0.661. The van der Waals surface area contributed by atoms with Crippen LogP contribution < -0.4 is 4.90 Å². The lowest BCUT2D eigenvalue weighted by Crippen LogP contribution is -2.26. The van der Waals surface area contributed by atoms with Crippen molar-refractivity contribution < 1.29 is 0 Å². The largest absolute Gasteiger partial charge is 0.310 e. The van der Waals surface area contributed by atoms with E-state index in [1.165, 1.54) is 121 Å². The minimum absolute atomic E-state index is 0.0723.